The van der Waals surface area contributed by atoms with Crippen LogP contribution in [-0.4, -0.2) is 50.0 Å². The average molecular weight is 685 g/mol. The first-order valence-electron chi connectivity index (χ1n) is 16.4. The zero-order chi connectivity index (χ0) is 31.1. The zero-order valence-electron chi connectivity index (χ0n) is 26.0. The first-order valence-corrected chi connectivity index (χ1v) is 19.1. The van der Waals surface area contributed by atoms with E-state index in [9.17, 15) is 18.0 Å². The number of nitrogens with one attached hydrogen (secondary N) is 1. The predicted octanol–water partition coefficient (Wildman–Crippen LogP) is 6.55. The molecule has 7 rings (SSSR count). The van der Waals surface area contributed by atoms with Crippen LogP contribution in [0.2, 0.25) is 0 Å². The van der Waals surface area contributed by atoms with E-state index in [1.807, 2.05) is 36.4 Å². The summed E-state index contributed by atoms with van der Waals surface area (Å²) in [5.74, 6) is 1.85. The Morgan fingerprint density at radius 1 is 0.909 bits per heavy atom. The second-order valence-corrected chi connectivity index (χ2v) is 17.0. The highest BCUT2D eigenvalue weighted by Gasteiger charge is 2.51. The van der Waals surface area contributed by atoms with Gasteiger partial charge in [0.2, 0.25) is 21.8 Å². The highest BCUT2D eigenvalue weighted by atomic mass is 79.9. The highest BCUT2D eigenvalue weighted by molar-refractivity contribution is 9.10. The fourth-order valence-corrected chi connectivity index (χ4v) is 10.1. The Hall–Kier alpha value is -2.39. The molecule has 238 valence electrons. The monoisotopic (exact) mass is 683 g/mol. The van der Waals surface area contributed by atoms with Crippen LogP contribution in [-0.2, 0) is 31.6 Å². The lowest BCUT2D eigenvalue weighted by molar-refractivity contribution is -0.139. The molecular formula is C35H46BrN3O4S. The second-order valence-electron chi connectivity index (χ2n) is 14.2. The van der Waals surface area contributed by atoms with Crippen LogP contribution >= 0.6 is 15.9 Å². The minimum absolute atomic E-state index is 0.114. The number of carbonyl (C=O) groups excluding carboxylic acids is 2. The predicted molar refractivity (Wildman–Crippen MR) is 178 cm³/mol. The minimum Gasteiger partial charge on any atom is -0.352 e. The van der Waals surface area contributed by atoms with Crippen molar-refractivity contribution in [2.45, 2.75) is 102 Å². The Kier molecular flexibility index (Phi) is 9.17. The summed E-state index contributed by atoms with van der Waals surface area (Å²) in [4.78, 5) is 28.9. The standard InChI is InChI=1S/C35H46BrN3O4S/c1-24(34(41)37-31-6-4-3-5-7-31)38(22-25-8-12-30(36)13-9-25)33(40)23-39(44(2,42)43)32-14-10-29(11-15-32)35-19-26-16-27(20-35)18-28(17-26)21-35/h8-15,24,26-28,31H,3-7,16-23H2,1-2H3,(H,37,41). The number of anilines is 1. The van der Waals surface area contributed by atoms with Crippen molar-refractivity contribution in [3.8, 4) is 0 Å². The van der Waals surface area contributed by atoms with Gasteiger partial charge < -0.3 is 10.2 Å². The molecule has 4 bridgehead atoms. The van der Waals surface area contributed by atoms with Gasteiger partial charge in [0.25, 0.3) is 0 Å². The molecule has 0 heterocycles. The van der Waals surface area contributed by atoms with Crippen molar-refractivity contribution in [1.29, 1.82) is 0 Å². The van der Waals surface area contributed by atoms with E-state index >= 15 is 0 Å². The number of hydrogen-bond acceptors (Lipinski definition) is 4. The molecule has 5 fully saturated rings. The molecule has 1 atom stereocenters. The lowest BCUT2D eigenvalue weighted by atomic mass is 9.48. The lowest BCUT2D eigenvalue weighted by Gasteiger charge is -2.57. The molecule has 7 nitrogen and oxygen atoms in total. The molecule has 0 aromatic heterocycles. The molecule has 0 spiro atoms. The zero-order valence-corrected chi connectivity index (χ0v) is 28.4. The first kappa shape index (κ1) is 31.6. The van der Waals surface area contributed by atoms with Crippen LogP contribution in [0.1, 0.15) is 88.7 Å². The summed E-state index contributed by atoms with van der Waals surface area (Å²) in [5, 5.41) is 3.15. The number of rotatable bonds is 10. The lowest BCUT2D eigenvalue weighted by Crippen LogP contribution is -2.53. The SMILES string of the molecule is CC(C(=O)NC1CCCCC1)N(Cc1ccc(Br)cc1)C(=O)CN(c1ccc(C23CC4CC(CC(C4)C2)C3)cc1)S(C)(=O)=O. The maximum Gasteiger partial charge on any atom is 0.244 e. The van der Waals surface area contributed by atoms with Crippen LogP contribution in [0.15, 0.2) is 53.0 Å². The molecule has 5 aliphatic rings. The Morgan fingerprint density at radius 3 is 2.02 bits per heavy atom. The summed E-state index contributed by atoms with van der Waals surface area (Å²) in [6.45, 7) is 1.57. The van der Waals surface area contributed by atoms with Gasteiger partial charge in [-0.15, -0.1) is 0 Å². The molecule has 2 aromatic rings. The van der Waals surface area contributed by atoms with Crippen molar-refractivity contribution < 1.29 is 18.0 Å². The van der Waals surface area contributed by atoms with E-state index in [0.717, 1.165) is 59.7 Å². The number of carbonyl (C=O) groups is 2. The Bertz CT molecular complexity index is 1420. The van der Waals surface area contributed by atoms with Crippen molar-refractivity contribution in [2.24, 2.45) is 17.8 Å². The van der Waals surface area contributed by atoms with Crippen molar-refractivity contribution in [3.63, 3.8) is 0 Å². The fourth-order valence-electron chi connectivity index (χ4n) is 9.00. The average Bonchev–Trinajstić information content (AvgIpc) is 2.98. The number of nitrogens with zero attached hydrogens (tertiary/aromatic N) is 2. The van der Waals surface area contributed by atoms with Crippen molar-refractivity contribution in [1.82, 2.24) is 10.2 Å². The largest absolute Gasteiger partial charge is 0.352 e. The smallest absolute Gasteiger partial charge is 0.244 e. The fraction of sp³-hybridized carbons (Fsp3) is 0.600. The molecule has 44 heavy (non-hydrogen) atoms. The van der Waals surface area contributed by atoms with E-state index in [1.54, 1.807) is 6.92 Å². The summed E-state index contributed by atoms with van der Waals surface area (Å²) in [6.07, 6.45) is 14.2. The number of sulfonamides is 1. The summed E-state index contributed by atoms with van der Waals surface area (Å²) in [6, 6.07) is 14.9. The van der Waals surface area contributed by atoms with E-state index < -0.39 is 22.0 Å². The van der Waals surface area contributed by atoms with Crippen molar-refractivity contribution in [3.05, 3.63) is 64.1 Å². The van der Waals surface area contributed by atoms with Gasteiger partial charge in [0.05, 0.1) is 11.9 Å². The first-order chi connectivity index (χ1) is 21.0. The van der Waals surface area contributed by atoms with Crippen LogP contribution in [0.3, 0.4) is 0 Å². The van der Waals surface area contributed by atoms with Gasteiger partial charge >= 0.3 is 0 Å². The summed E-state index contributed by atoms with van der Waals surface area (Å²) in [7, 11) is -3.77. The van der Waals surface area contributed by atoms with Crippen molar-refractivity contribution in [2.75, 3.05) is 17.1 Å². The Morgan fingerprint density at radius 2 is 1.48 bits per heavy atom. The Balaban J connectivity index is 1.22. The minimum atomic E-state index is -3.77. The molecule has 5 saturated carbocycles. The topological polar surface area (TPSA) is 86.8 Å². The van der Waals surface area contributed by atoms with Gasteiger partial charge in [0.1, 0.15) is 12.6 Å². The molecule has 5 aliphatic carbocycles. The maximum absolute atomic E-state index is 14.0. The summed E-state index contributed by atoms with van der Waals surface area (Å²) < 4.78 is 28.4. The van der Waals surface area contributed by atoms with Gasteiger partial charge in [-0.1, -0.05) is 59.5 Å². The quantitative estimate of drug-likeness (QED) is 0.308. The molecule has 0 saturated heterocycles. The molecule has 2 aromatic carbocycles. The van der Waals surface area contributed by atoms with Crippen LogP contribution in [0.5, 0.6) is 0 Å². The molecular weight excluding hydrogens is 638 g/mol. The van der Waals surface area contributed by atoms with Crippen molar-refractivity contribution >= 4 is 43.5 Å². The van der Waals surface area contributed by atoms with Gasteiger partial charge in [-0.3, -0.25) is 13.9 Å². The Labute approximate surface area is 271 Å². The van der Waals surface area contributed by atoms with E-state index in [0.29, 0.717) is 5.69 Å². The van der Waals surface area contributed by atoms with E-state index in [1.165, 1.54) is 59.7 Å². The highest BCUT2D eigenvalue weighted by Crippen LogP contribution is 2.60. The number of amides is 2. The summed E-state index contributed by atoms with van der Waals surface area (Å²) >= 11 is 3.46. The normalized spacial score (nSPS) is 27.1. The van der Waals surface area contributed by atoms with E-state index in [-0.39, 0.29) is 30.5 Å². The van der Waals surface area contributed by atoms with Gasteiger partial charge in [-0.05, 0) is 117 Å². The molecule has 1 unspecified atom stereocenters. The van der Waals surface area contributed by atoms with Gasteiger partial charge in [-0.25, -0.2) is 8.42 Å². The third kappa shape index (κ3) is 6.88. The number of benzene rings is 2. The number of halogens is 1. The van der Waals surface area contributed by atoms with Crippen LogP contribution in [0.4, 0.5) is 5.69 Å². The summed E-state index contributed by atoms with van der Waals surface area (Å²) in [5.41, 5.74) is 2.87. The van der Waals surface area contributed by atoms with E-state index in [4.69, 9.17) is 0 Å². The van der Waals surface area contributed by atoms with E-state index in [2.05, 4.69) is 33.4 Å². The third-order valence-electron chi connectivity index (χ3n) is 10.9. The van der Waals surface area contributed by atoms with Gasteiger partial charge in [0.15, 0.2) is 0 Å². The van der Waals surface area contributed by atoms with Gasteiger partial charge in [0, 0.05) is 17.1 Å². The number of hydrogen-bond donors (Lipinski definition) is 1. The maximum atomic E-state index is 14.0. The molecule has 0 aliphatic heterocycles. The van der Waals surface area contributed by atoms with Crippen LogP contribution in [0, 0.1) is 17.8 Å². The molecule has 2 amide bonds. The van der Waals surface area contributed by atoms with Crippen LogP contribution in [0.25, 0.3) is 0 Å². The van der Waals surface area contributed by atoms with Crippen LogP contribution < -0.4 is 9.62 Å². The molecule has 9 heteroatoms. The molecule has 0 radical (unpaired) electrons. The second kappa shape index (κ2) is 12.8. The molecule has 1 N–H and O–H groups in total. The van der Waals surface area contributed by atoms with Gasteiger partial charge in [-0.2, -0.15) is 0 Å². The third-order valence-corrected chi connectivity index (χ3v) is 12.5.